The molecule has 170 valence electrons. The summed E-state index contributed by atoms with van der Waals surface area (Å²) < 4.78 is 2.58. The lowest BCUT2D eigenvalue weighted by Crippen LogP contribution is -2.44. The molecular weight excluding hydrogens is 424 g/mol. The van der Waals surface area contributed by atoms with E-state index < -0.39 is 5.69 Å². The van der Waals surface area contributed by atoms with Crippen molar-refractivity contribution in [3.63, 3.8) is 0 Å². The van der Waals surface area contributed by atoms with E-state index in [4.69, 9.17) is 0 Å². The van der Waals surface area contributed by atoms with E-state index in [0.717, 1.165) is 31.8 Å². The summed E-state index contributed by atoms with van der Waals surface area (Å²) in [4.78, 5) is 42.1. The van der Waals surface area contributed by atoms with Crippen LogP contribution in [0.2, 0.25) is 0 Å². The number of thiophene rings is 1. The first-order valence-corrected chi connectivity index (χ1v) is 12.1. The number of benzene rings is 1. The van der Waals surface area contributed by atoms with Crippen LogP contribution in [0.1, 0.15) is 37.6 Å². The maximum absolute atomic E-state index is 12.9. The number of carbonyl (C=O) groups excluding carboxylic acids is 1. The van der Waals surface area contributed by atoms with Gasteiger partial charge in [-0.3, -0.25) is 23.6 Å². The molecule has 32 heavy (non-hydrogen) atoms. The SMILES string of the molecule is CCn1c(=O)c2ccccc2n(CC(=O)NCC(c2cccs2)N2CCC(C)CC2)c1=O. The van der Waals surface area contributed by atoms with Crippen LogP contribution in [0.4, 0.5) is 0 Å². The Kier molecular flexibility index (Phi) is 6.91. The first-order valence-electron chi connectivity index (χ1n) is 11.3. The lowest BCUT2D eigenvalue weighted by molar-refractivity contribution is -0.122. The van der Waals surface area contributed by atoms with Crippen molar-refractivity contribution in [3.8, 4) is 0 Å². The number of amides is 1. The van der Waals surface area contributed by atoms with Crippen molar-refractivity contribution in [3.05, 3.63) is 67.5 Å². The van der Waals surface area contributed by atoms with Gasteiger partial charge in [0.2, 0.25) is 5.91 Å². The molecule has 0 spiro atoms. The van der Waals surface area contributed by atoms with Crippen molar-refractivity contribution in [2.24, 2.45) is 5.92 Å². The fourth-order valence-electron chi connectivity index (χ4n) is 4.44. The Balaban J connectivity index is 1.54. The van der Waals surface area contributed by atoms with Crippen LogP contribution < -0.4 is 16.6 Å². The van der Waals surface area contributed by atoms with E-state index in [0.29, 0.717) is 17.4 Å². The van der Waals surface area contributed by atoms with Gasteiger partial charge in [-0.15, -0.1) is 11.3 Å². The molecule has 0 saturated carbocycles. The molecular formula is C24H30N4O3S. The van der Waals surface area contributed by atoms with Crippen molar-refractivity contribution < 1.29 is 4.79 Å². The van der Waals surface area contributed by atoms with E-state index in [1.54, 1.807) is 42.5 Å². The lowest BCUT2D eigenvalue weighted by Gasteiger charge is -2.36. The quantitative estimate of drug-likeness (QED) is 0.596. The average Bonchev–Trinajstić information content (AvgIpc) is 3.33. The van der Waals surface area contributed by atoms with Gasteiger partial charge in [0.25, 0.3) is 5.56 Å². The number of rotatable bonds is 7. The number of piperidine rings is 1. The zero-order valence-corrected chi connectivity index (χ0v) is 19.4. The van der Waals surface area contributed by atoms with Crippen LogP contribution in [0.3, 0.4) is 0 Å². The minimum Gasteiger partial charge on any atom is -0.353 e. The van der Waals surface area contributed by atoms with Crippen molar-refractivity contribution in [2.45, 2.75) is 45.8 Å². The van der Waals surface area contributed by atoms with Crippen LogP contribution in [0, 0.1) is 5.92 Å². The van der Waals surface area contributed by atoms with Gasteiger partial charge in [0, 0.05) is 18.0 Å². The second-order valence-electron chi connectivity index (χ2n) is 8.49. The summed E-state index contributed by atoms with van der Waals surface area (Å²) in [6.45, 7) is 6.72. The van der Waals surface area contributed by atoms with Gasteiger partial charge in [0.1, 0.15) is 6.54 Å². The molecule has 1 saturated heterocycles. The number of para-hydroxylation sites is 1. The summed E-state index contributed by atoms with van der Waals surface area (Å²) >= 11 is 1.71. The molecule has 2 aromatic heterocycles. The lowest BCUT2D eigenvalue weighted by atomic mass is 9.97. The fraction of sp³-hybridized carbons (Fsp3) is 0.458. The number of nitrogens with one attached hydrogen (secondary N) is 1. The van der Waals surface area contributed by atoms with Crippen molar-refractivity contribution in [1.29, 1.82) is 0 Å². The Labute approximate surface area is 191 Å². The number of hydrogen-bond acceptors (Lipinski definition) is 5. The summed E-state index contributed by atoms with van der Waals surface area (Å²) in [5.41, 5.74) is -0.282. The van der Waals surface area contributed by atoms with Gasteiger partial charge in [0.15, 0.2) is 0 Å². The first kappa shape index (κ1) is 22.5. The molecule has 4 rings (SSSR count). The maximum Gasteiger partial charge on any atom is 0.331 e. The number of likely N-dealkylation sites (tertiary alicyclic amines) is 1. The van der Waals surface area contributed by atoms with Gasteiger partial charge in [0.05, 0.1) is 16.9 Å². The molecule has 1 amide bonds. The monoisotopic (exact) mass is 454 g/mol. The van der Waals surface area contributed by atoms with E-state index >= 15 is 0 Å². The molecule has 0 aliphatic carbocycles. The highest BCUT2D eigenvalue weighted by molar-refractivity contribution is 7.10. The molecule has 1 aliphatic heterocycles. The van der Waals surface area contributed by atoms with Crippen LogP contribution in [0.15, 0.2) is 51.4 Å². The Bertz CT molecular complexity index is 1190. The van der Waals surface area contributed by atoms with Gasteiger partial charge < -0.3 is 5.32 Å². The second-order valence-corrected chi connectivity index (χ2v) is 9.47. The largest absolute Gasteiger partial charge is 0.353 e. The normalized spacial score (nSPS) is 16.3. The van der Waals surface area contributed by atoms with Gasteiger partial charge in [-0.25, -0.2) is 4.79 Å². The Morgan fingerprint density at radius 3 is 2.56 bits per heavy atom. The zero-order chi connectivity index (χ0) is 22.7. The number of carbonyl (C=O) groups is 1. The third kappa shape index (κ3) is 4.56. The van der Waals surface area contributed by atoms with E-state index in [2.05, 4.69) is 28.6 Å². The van der Waals surface area contributed by atoms with E-state index in [1.807, 2.05) is 6.07 Å². The third-order valence-corrected chi connectivity index (χ3v) is 7.35. The minimum absolute atomic E-state index is 0.117. The molecule has 1 aliphatic rings. The standard InChI is InChI=1S/C24H30N4O3S/c1-3-27-23(30)18-7-4-5-8-19(18)28(24(27)31)16-22(29)25-15-20(21-9-6-14-32-21)26-12-10-17(2)11-13-26/h4-9,14,17,20H,3,10-13,15-16H2,1-2H3,(H,25,29). The highest BCUT2D eigenvalue weighted by Gasteiger charge is 2.26. The summed E-state index contributed by atoms with van der Waals surface area (Å²) in [5.74, 6) is 0.504. The summed E-state index contributed by atoms with van der Waals surface area (Å²) in [6.07, 6.45) is 2.32. The molecule has 1 N–H and O–H groups in total. The molecule has 3 heterocycles. The number of aromatic nitrogens is 2. The molecule has 1 atom stereocenters. The van der Waals surface area contributed by atoms with E-state index in [1.165, 1.54) is 14.0 Å². The van der Waals surface area contributed by atoms with Crippen LogP contribution in [0.5, 0.6) is 0 Å². The molecule has 7 nitrogen and oxygen atoms in total. The fourth-order valence-corrected chi connectivity index (χ4v) is 5.30. The summed E-state index contributed by atoms with van der Waals surface area (Å²) in [6, 6.07) is 11.2. The number of nitrogens with zero attached hydrogens (tertiary/aromatic N) is 3. The molecule has 0 bridgehead atoms. The molecule has 8 heteroatoms. The van der Waals surface area contributed by atoms with Crippen molar-refractivity contribution >= 4 is 28.1 Å². The average molecular weight is 455 g/mol. The van der Waals surface area contributed by atoms with Crippen LogP contribution in [-0.2, 0) is 17.9 Å². The predicted octanol–water partition coefficient (Wildman–Crippen LogP) is 2.83. The molecule has 1 unspecified atom stereocenters. The third-order valence-electron chi connectivity index (χ3n) is 6.37. The zero-order valence-electron chi connectivity index (χ0n) is 18.6. The van der Waals surface area contributed by atoms with E-state index in [9.17, 15) is 14.4 Å². The topological polar surface area (TPSA) is 76.3 Å². The van der Waals surface area contributed by atoms with Crippen LogP contribution >= 0.6 is 11.3 Å². The minimum atomic E-state index is -0.453. The van der Waals surface area contributed by atoms with Gasteiger partial charge >= 0.3 is 5.69 Å². The number of fused-ring (bicyclic) bond motifs is 1. The summed E-state index contributed by atoms with van der Waals surface area (Å²) in [7, 11) is 0. The van der Waals surface area contributed by atoms with Gasteiger partial charge in [-0.2, -0.15) is 0 Å². The molecule has 1 fully saturated rings. The summed E-state index contributed by atoms with van der Waals surface area (Å²) in [5, 5.41) is 5.56. The first-order chi connectivity index (χ1) is 15.5. The highest BCUT2D eigenvalue weighted by Crippen LogP contribution is 2.29. The van der Waals surface area contributed by atoms with Gasteiger partial charge in [-0.1, -0.05) is 25.1 Å². The number of hydrogen-bond donors (Lipinski definition) is 1. The Morgan fingerprint density at radius 2 is 1.88 bits per heavy atom. The second kappa shape index (κ2) is 9.83. The predicted molar refractivity (Wildman–Crippen MR) is 128 cm³/mol. The van der Waals surface area contributed by atoms with Crippen molar-refractivity contribution in [1.82, 2.24) is 19.4 Å². The van der Waals surface area contributed by atoms with E-state index in [-0.39, 0.29) is 30.6 Å². The molecule has 1 aromatic carbocycles. The highest BCUT2D eigenvalue weighted by atomic mass is 32.1. The van der Waals surface area contributed by atoms with Crippen molar-refractivity contribution in [2.75, 3.05) is 19.6 Å². The molecule has 3 aromatic rings. The van der Waals surface area contributed by atoms with Gasteiger partial charge in [-0.05, 0) is 62.4 Å². The van der Waals surface area contributed by atoms with Crippen LogP contribution in [0.25, 0.3) is 10.9 Å². The van der Waals surface area contributed by atoms with Crippen LogP contribution in [-0.4, -0.2) is 39.6 Å². The maximum atomic E-state index is 12.9. The molecule has 0 radical (unpaired) electrons. The Hall–Kier alpha value is -2.71. The smallest absolute Gasteiger partial charge is 0.331 e. The Morgan fingerprint density at radius 1 is 1.12 bits per heavy atom.